The van der Waals surface area contributed by atoms with E-state index in [1.54, 1.807) is 7.11 Å². The zero-order valence-electron chi connectivity index (χ0n) is 18.1. The van der Waals surface area contributed by atoms with Gasteiger partial charge in [0.25, 0.3) is 0 Å². The van der Waals surface area contributed by atoms with Gasteiger partial charge in [-0.3, -0.25) is 9.39 Å². The van der Waals surface area contributed by atoms with Gasteiger partial charge in [0, 0.05) is 31.3 Å². The van der Waals surface area contributed by atoms with Crippen molar-refractivity contribution in [2.75, 3.05) is 20.2 Å². The molecule has 162 valence electrons. The molecule has 2 aromatic heterocycles. The predicted octanol–water partition coefficient (Wildman–Crippen LogP) is 3.91. The number of fused-ring (bicyclic) bond motifs is 1. The zero-order chi connectivity index (χ0) is 20.6. The molecule has 1 atom stereocenters. The summed E-state index contributed by atoms with van der Waals surface area (Å²) in [5.74, 6) is 2.64. The number of hydrogen-bond acceptors (Lipinski definition) is 4. The van der Waals surface area contributed by atoms with E-state index < -0.39 is 0 Å². The first-order valence-corrected chi connectivity index (χ1v) is 10.1. The van der Waals surface area contributed by atoms with Crippen molar-refractivity contribution in [1.29, 1.82) is 0 Å². The molecule has 0 fully saturated rings. The SMILES string of the molecule is CCNC(=NCCCc1nnc2ccccn12)NC(C)c1cc(C)ccc1OC.I. The fourth-order valence-corrected chi connectivity index (χ4v) is 3.28. The predicted molar refractivity (Wildman–Crippen MR) is 132 cm³/mol. The molecule has 3 rings (SSSR count). The molecule has 0 radical (unpaired) electrons. The standard InChI is InChI=1S/C22H30N6O.HI/c1-5-23-22(25-17(3)18-15-16(2)11-12-19(18)29-4)24-13-8-10-21-27-26-20-9-6-7-14-28(20)21;/h6-7,9,11-12,14-15,17H,5,8,10,13H2,1-4H3,(H2,23,24,25);1H. The maximum absolute atomic E-state index is 5.52. The average Bonchev–Trinajstić information content (AvgIpc) is 3.14. The fourth-order valence-electron chi connectivity index (χ4n) is 3.28. The van der Waals surface area contributed by atoms with Gasteiger partial charge in [0.15, 0.2) is 11.6 Å². The maximum atomic E-state index is 5.52. The molecule has 0 aliphatic heterocycles. The Hall–Kier alpha value is -2.36. The van der Waals surface area contributed by atoms with Crippen molar-refractivity contribution < 1.29 is 4.74 Å². The number of benzene rings is 1. The molecular weight excluding hydrogens is 491 g/mol. The van der Waals surface area contributed by atoms with Crippen molar-refractivity contribution in [2.45, 2.75) is 39.7 Å². The van der Waals surface area contributed by atoms with Crippen LogP contribution in [-0.4, -0.2) is 40.8 Å². The molecule has 0 aliphatic carbocycles. The topological polar surface area (TPSA) is 75.8 Å². The van der Waals surface area contributed by atoms with Gasteiger partial charge in [0.2, 0.25) is 0 Å². The summed E-state index contributed by atoms with van der Waals surface area (Å²) in [6, 6.07) is 12.2. The number of nitrogens with zero attached hydrogens (tertiary/aromatic N) is 4. The Morgan fingerprint density at radius 1 is 1.23 bits per heavy atom. The van der Waals surface area contributed by atoms with Gasteiger partial charge in [0.05, 0.1) is 13.2 Å². The largest absolute Gasteiger partial charge is 0.496 e. The smallest absolute Gasteiger partial charge is 0.191 e. The van der Waals surface area contributed by atoms with Crippen LogP contribution in [0.1, 0.15) is 43.3 Å². The molecule has 0 bridgehead atoms. The molecule has 30 heavy (non-hydrogen) atoms. The average molecular weight is 522 g/mol. The van der Waals surface area contributed by atoms with Crippen LogP contribution in [0.2, 0.25) is 0 Å². The molecule has 2 N–H and O–H groups in total. The number of pyridine rings is 1. The van der Waals surface area contributed by atoms with Gasteiger partial charge >= 0.3 is 0 Å². The number of aliphatic imine (C=N–C) groups is 1. The van der Waals surface area contributed by atoms with E-state index in [1.165, 1.54) is 5.56 Å². The molecule has 0 saturated heterocycles. The van der Waals surface area contributed by atoms with Crippen molar-refractivity contribution in [3.63, 3.8) is 0 Å². The van der Waals surface area contributed by atoms with Crippen LogP contribution in [0.5, 0.6) is 5.75 Å². The van der Waals surface area contributed by atoms with E-state index in [9.17, 15) is 0 Å². The van der Waals surface area contributed by atoms with Gasteiger partial charge in [-0.15, -0.1) is 34.2 Å². The number of methoxy groups -OCH3 is 1. The minimum atomic E-state index is 0. The van der Waals surface area contributed by atoms with Crippen molar-refractivity contribution in [2.24, 2.45) is 4.99 Å². The number of rotatable bonds is 8. The second-order valence-corrected chi connectivity index (χ2v) is 7.02. The highest BCUT2D eigenvalue weighted by Gasteiger charge is 2.13. The molecule has 0 spiro atoms. The number of halogens is 1. The van der Waals surface area contributed by atoms with Gasteiger partial charge in [-0.2, -0.15) is 0 Å². The molecular formula is C22H31IN6O. The summed E-state index contributed by atoms with van der Waals surface area (Å²) in [6.07, 6.45) is 3.72. The number of aryl methyl sites for hydroxylation is 2. The van der Waals surface area contributed by atoms with Crippen molar-refractivity contribution in [1.82, 2.24) is 25.2 Å². The number of hydrogen-bond donors (Lipinski definition) is 2. The van der Waals surface area contributed by atoms with E-state index in [2.05, 4.69) is 53.7 Å². The molecule has 8 heteroatoms. The first-order valence-electron chi connectivity index (χ1n) is 10.1. The number of aromatic nitrogens is 3. The summed E-state index contributed by atoms with van der Waals surface area (Å²) < 4.78 is 7.55. The summed E-state index contributed by atoms with van der Waals surface area (Å²) >= 11 is 0. The highest BCUT2D eigenvalue weighted by atomic mass is 127. The monoisotopic (exact) mass is 522 g/mol. The van der Waals surface area contributed by atoms with E-state index >= 15 is 0 Å². The van der Waals surface area contributed by atoms with Crippen LogP contribution in [0.15, 0.2) is 47.6 Å². The van der Waals surface area contributed by atoms with Gasteiger partial charge in [0.1, 0.15) is 11.6 Å². The summed E-state index contributed by atoms with van der Waals surface area (Å²) in [7, 11) is 1.70. The molecule has 3 aromatic rings. The first kappa shape index (κ1) is 23.9. The Morgan fingerprint density at radius 3 is 2.83 bits per heavy atom. The molecule has 0 aliphatic rings. The lowest BCUT2D eigenvalue weighted by Crippen LogP contribution is -2.39. The first-order chi connectivity index (χ1) is 14.1. The van der Waals surface area contributed by atoms with Gasteiger partial charge in [-0.25, -0.2) is 0 Å². The Balaban J connectivity index is 0.00000320. The van der Waals surface area contributed by atoms with Crippen LogP contribution in [-0.2, 0) is 6.42 Å². The van der Waals surface area contributed by atoms with Crippen molar-refractivity contribution in [3.8, 4) is 5.75 Å². The third-order valence-electron chi connectivity index (χ3n) is 4.76. The lowest BCUT2D eigenvalue weighted by atomic mass is 10.0. The summed E-state index contributed by atoms with van der Waals surface area (Å²) in [6.45, 7) is 7.78. The second kappa shape index (κ2) is 11.7. The molecule has 1 unspecified atom stereocenters. The molecule has 0 saturated carbocycles. The Morgan fingerprint density at radius 2 is 2.07 bits per heavy atom. The zero-order valence-corrected chi connectivity index (χ0v) is 20.4. The van der Waals surface area contributed by atoms with Crippen molar-refractivity contribution >= 4 is 35.6 Å². The second-order valence-electron chi connectivity index (χ2n) is 7.02. The minimum absolute atomic E-state index is 0. The quantitative estimate of drug-likeness (QED) is 0.203. The Bertz CT molecular complexity index is 971. The number of nitrogens with one attached hydrogen (secondary N) is 2. The lowest BCUT2D eigenvalue weighted by Gasteiger charge is -2.20. The fraction of sp³-hybridized carbons (Fsp3) is 0.409. The third kappa shape index (κ3) is 6.07. The minimum Gasteiger partial charge on any atom is -0.496 e. The van der Waals surface area contributed by atoms with Crippen LogP contribution < -0.4 is 15.4 Å². The lowest BCUT2D eigenvalue weighted by molar-refractivity contribution is 0.405. The highest BCUT2D eigenvalue weighted by molar-refractivity contribution is 14.0. The molecule has 7 nitrogen and oxygen atoms in total. The number of ether oxygens (including phenoxy) is 1. The van der Waals surface area contributed by atoms with Gasteiger partial charge in [-0.1, -0.05) is 23.8 Å². The summed E-state index contributed by atoms with van der Waals surface area (Å²) in [4.78, 5) is 4.73. The van der Waals surface area contributed by atoms with Crippen LogP contribution in [0.3, 0.4) is 0 Å². The van der Waals surface area contributed by atoms with Crippen molar-refractivity contribution in [3.05, 3.63) is 59.5 Å². The van der Waals surface area contributed by atoms with E-state index in [4.69, 9.17) is 9.73 Å². The molecule has 2 heterocycles. The molecule has 0 amide bonds. The number of guanidine groups is 1. The Kier molecular flexibility index (Phi) is 9.35. The summed E-state index contributed by atoms with van der Waals surface area (Å²) in [5.41, 5.74) is 3.20. The van der Waals surface area contributed by atoms with E-state index in [0.29, 0.717) is 6.54 Å². The molecule has 1 aromatic carbocycles. The Labute approximate surface area is 195 Å². The van der Waals surface area contributed by atoms with Crippen LogP contribution in [0, 0.1) is 6.92 Å². The van der Waals surface area contributed by atoms with E-state index in [0.717, 1.165) is 48.1 Å². The van der Waals surface area contributed by atoms with Gasteiger partial charge < -0.3 is 15.4 Å². The van der Waals surface area contributed by atoms with E-state index in [1.807, 2.05) is 34.9 Å². The maximum Gasteiger partial charge on any atom is 0.191 e. The van der Waals surface area contributed by atoms with E-state index in [-0.39, 0.29) is 30.0 Å². The van der Waals surface area contributed by atoms with Crippen LogP contribution in [0.4, 0.5) is 0 Å². The third-order valence-corrected chi connectivity index (χ3v) is 4.76. The normalized spacial score (nSPS) is 12.3. The highest BCUT2D eigenvalue weighted by Crippen LogP contribution is 2.25. The van der Waals surface area contributed by atoms with Crippen LogP contribution in [0.25, 0.3) is 5.65 Å². The summed E-state index contributed by atoms with van der Waals surface area (Å²) in [5, 5.41) is 15.3. The van der Waals surface area contributed by atoms with Gasteiger partial charge in [-0.05, 0) is 45.4 Å². The van der Waals surface area contributed by atoms with Crippen LogP contribution >= 0.6 is 24.0 Å².